The maximum Gasteiger partial charge on any atom is 0.416 e. The van der Waals surface area contributed by atoms with Crippen LogP contribution < -0.4 is 0 Å². The molecule has 0 heterocycles. The van der Waals surface area contributed by atoms with Crippen LogP contribution in [-0.2, 0) is 6.18 Å². The molecule has 0 atom stereocenters. The molecule has 2 aromatic rings. The first-order valence-corrected chi connectivity index (χ1v) is 9.25. The molecule has 2 rings (SSSR count). The summed E-state index contributed by atoms with van der Waals surface area (Å²) in [4.78, 5) is 13.0. The van der Waals surface area contributed by atoms with Crippen LogP contribution in [0.1, 0.15) is 68.6 Å². The van der Waals surface area contributed by atoms with Crippen molar-refractivity contribution < 1.29 is 18.0 Å². The second-order valence-electron chi connectivity index (χ2n) is 9.13. The highest BCUT2D eigenvalue weighted by molar-refractivity contribution is 6.05. The van der Waals surface area contributed by atoms with Crippen LogP contribution in [0.3, 0.4) is 0 Å². The van der Waals surface area contributed by atoms with Crippen LogP contribution >= 0.6 is 0 Å². The lowest BCUT2D eigenvalue weighted by molar-refractivity contribution is -0.137. The van der Waals surface area contributed by atoms with Crippen molar-refractivity contribution in [2.24, 2.45) is 10.8 Å². The molecule has 0 fully saturated rings. The Bertz CT molecular complexity index is 877. The number of allylic oxidation sites excluding steroid dienone is 1. The molecule has 0 saturated carbocycles. The molecular weight excluding hydrogens is 361 g/mol. The van der Waals surface area contributed by atoms with E-state index in [0.29, 0.717) is 16.7 Å². The van der Waals surface area contributed by atoms with Gasteiger partial charge in [0.05, 0.1) is 5.56 Å². The predicted octanol–water partition coefficient (Wildman–Crippen LogP) is 7.41. The van der Waals surface area contributed by atoms with Crippen molar-refractivity contribution >= 4 is 11.4 Å². The molecule has 28 heavy (non-hydrogen) atoms. The van der Waals surface area contributed by atoms with Gasteiger partial charge in [-0.15, -0.1) is 0 Å². The van der Waals surface area contributed by atoms with Gasteiger partial charge < -0.3 is 0 Å². The van der Waals surface area contributed by atoms with Crippen LogP contribution in [0, 0.1) is 10.8 Å². The zero-order valence-electron chi connectivity index (χ0n) is 17.2. The Morgan fingerprint density at radius 3 is 1.86 bits per heavy atom. The first-order valence-electron chi connectivity index (χ1n) is 9.25. The SMILES string of the molecule is CC(C)(C)/C=C(\c1ccccc1)c1cc(C(F)(F)F)ccc1C(=O)C(C)(C)C. The van der Waals surface area contributed by atoms with Crippen LogP contribution in [0.25, 0.3) is 5.57 Å². The van der Waals surface area contributed by atoms with Crippen molar-refractivity contribution in [1.29, 1.82) is 0 Å². The summed E-state index contributed by atoms with van der Waals surface area (Å²) in [7, 11) is 0. The number of halogens is 3. The van der Waals surface area contributed by atoms with Gasteiger partial charge in [0.1, 0.15) is 0 Å². The summed E-state index contributed by atoms with van der Waals surface area (Å²) in [5.41, 5.74) is 0.269. The Morgan fingerprint density at radius 1 is 0.821 bits per heavy atom. The molecule has 0 amide bonds. The maximum atomic E-state index is 13.4. The number of carbonyl (C=O) groups is 1. The predicted molar refractivity (Wildman–Crippen MR) is 108 cm³/mol. The number of carbonyl (C=O) groups excluding carboxylic acids is 1. The standard InChI is InChI=1S/C24H27F3O/c1-22(2,3)15-20(16-10-8-7-9-11-16)19-14-17(24(25,26)27)12-13-18(19)21(28)23(4,5)6/h7-15H,1-6H3/b20-15+. The molecule has 0 saturated heterocycles. The largest absolute Gasteiger partial charge is 0.416 e. The summed E-state index contributed by atoms with van der Waals surface area (Å²) < 4.78 is 40.3. The summed E-state index contributed by atoms with van der Waals surface area (Å²) in [5, 5.41) is 0. The number of benzene rings is 2. The maximum absolute atomic E-state index is 13.4. The minimum Gasteiger partial charge on any atom is -0.294 e. The average Bonchev–Trinajstić information content (AvgIpc) is 2.57. The summed E-state index contributed by atoms with van der Waals surface area (Å²) >= 11 is 0. The van der Waals surface area contributed by atoms with E-state index >= 15 is 0 Å². The third-order valence-corrected chi connectivity index (χ3v) is 4.23. The van der Waals surface area contributed by atoms with Crippen LogP contribution in [0.15, 0.2) is 54.6 Å². The number of ketones is 1. The molecule has 0 spiro atoms. The van der Waals surface area contributed by atoms with Gasteiger partial charge in [0.2, 0.25) is 0 Å². The van der Waals surface area contributed by atoms with E-state index < -0.39 is 17.2 Å². The Kier molecular flexibility index (Phi) is 5.93. The summed E-state index contributed by atoms with van der Waals surface area (Å²) in [6.07, 6.45) is -2.56. The van der Waals surface area contributed by atoms with Gasteiger partial charge in [-0.1, -0.05) is 84.0 Å². The molecule has 0 bridgehead atoms. The van der Waals surface area contributed by atoms with E-state index in [1.54, 1.807) is 20.8 Å². The Hall–Kier alpha value is -2.36. The summed E-state index contributed by atoms with van der Waals surface area (Å²) in [6.45, 7) is 11.3. The highest BCUT2D eigenvalue weighted by atomic mass is 19.4. The van der Waals surface area contributed by atoms with Gasteiger partial charge in [-0.25, -0.2) is 0 Å². The van der Waals surface area contributed by atoms with Crippen LogP contribution in [-0.4, -0.2) is 5.78 Å². The fourth-order valence-electron chi connectivity index (χ4n) is 2.91. The summed E-state index contributed by atoms with van der Waals surface area (Å²) in [5.74, 6) is -0.188. The van der Waals surface area contributed by atoms with E-state index in [4.69, 9.17) is 0 Å². The second kappa shape index (κ2) is 7.57. The Balaban J connectivity index is 2.86. The minimum absolute atomic E-state index is 0.188. The van der Waals surface area contributed by atoms with Gasteiger partial charge in [0.25, 0.3) is 0 Å². The smallest absolute Gasteiger partial charge is 0.294 e. The van der Waals surface area contributed by atoms with Crippen molar-refractivity contribution in [3.63, 3.8) is 0 Å². The minimum atomic E-state index is -4.48. The highest BCUT2D eigenvalue weighted by Crippen LogP contribution is 2.38. The topological polar surface area (TPSA) is 17.1 Å². The molecule has 150 valence electrons. The van der Waals surface area contributed by atoms with E-state index in [2.05, 4.69) is 0 Å². The number of rotatable bonds is 3. The number of Topliss-reactive ketones (excluding diaryl/α,β-unsaturated/α-hetero) is 1. The van der Waals surface area contributed by atoms with Crippen molar-refractivity contribution in [3.05, 3.63) is 76.9 Å². The molecule has 1 nitrogen and oxygen atoms in total. The average molecular weight is 388 g/mol. The monoisotopic (exact) mass is 388 g/mol. The number of hydrogen-bond acceptors (Lipinski definition) is 1. The molecule has 0 radical (unpaired) electrons. The molecular formula is C24H27F3O. The van der Waals surface area contributed by atoms with Crippen molar-refractivity contribution in [2.75, 3.05) is 0 Å². The van der Waals surface area contributed by atoms with Gasteiger partial charge in [0, 0.05) is 11.0 Å². The van der Waals surface area contributed by atoms with E-state index in [-0.39, 0.29) is 11.2 Å². The first kappa shape index (κ1) is 21.9. The van der Waals surface area contributed by atoms with E-state index in [1.807, 2.05) is 57.2 Å². The number of alkyl halides is 3. The Morgan fingerprint density at radius 2 is 1.39 bits per heavy atom. The molecule has 0 aliphatic rings. The van der Waals surface area contributed by atoms with Crippen LogP contribution in [0.5, 0.6) is 0 Å². The molecule has 0 aliphatic heterocycles. The molecule has 0 N–H and O–H groups in total. The quantitative estimate of drug-likeness (QED) is 0.500. The van der Waals surface area contributed by atoms with E-state index in [0.717, 1.165) is 17.7 Å². The fourth-order valence-corrected chi connectivity index (χ4v) is 2.91. The lowest BCUT2D eigenvalue weighted by Crippen LogP contribution is -2.22. The van der Waals surface area contributed by atoms with Gasteiger partial charge in [-0.3, -0.25) is 4.79 Å². The van der Waals surface area contributed by atoms with E-state index in [1.165, 1.54) is 6.07 Å². The zero-order chi connectivity index (χ0) is 21.3. The highest BCUT2D eigenvalue weighted by Gasteiger charge is 2.33. The van der Waals surface area contributed by atoms with Crippen molar-refractivity contribution in [1.82, 2.24) is 0 Å². The van der Waals surface area contributed by atoms with Crippen LogP contribution in [0.4, 0.5) is 13.2 Å². The number of hydrogen-bond donors (Lipinski definition) is 0. The zero-order valence-corrected chi connectivity index (χ0v) is 17.2. The molecule has 0 aliphatic carbocycles. The third-order valence-electron chi connectivity index (χ3n) is 4.23. The van der Waals surface area contributed by atoms with Gasteiger partial charge >= 0.3 is 6.18 Å². The molecule has 0 aromatic heterocycles. The Labute approximate surface area is 165 Å². The third kappa shape index (κ3) is 5.34. The van der Waals surface area contributed by atoms with Crippen molar-refractivity contribution in [2.45, 2.75) is 47.7 Å². The first-order chi connectivity index (χ1) is 12.7. The molecule has 2 aromatic carbocycles. The second-order valence-corrected chi connectivity index (χ2v) is 9.13. The normalized spacial score (nSPS) is 13.5. The van der Waals surface area contributed by atoms with E-state index in [9.17, 15) is 18.0 Å². The lowest BCUT2D eigenvalue weighted by Gasteiger charge is -2.23. The van der Waals surface area contributed by atoms with Crippen LogP contribution in [0.2, 0.25) is 0 Å². The molecule has 4 heteroatoms. The fraction of sp³-hybridized carbons (Fsp3) is 0.375. The summed E-state index contributed by atoms with van der Waals surface area (Å²) in [6, 6.07) is 12.6. The van der Waals surface area contributed by atoms with Gasteiger partial charge in [-0.2, -0.15) is 13.2 Å². The lowest BCUT2D eigenvalue weighted by atomic mass is 9.80. The van der Waals surface area contributed by atoms with Gasteiger partial charge in [0.15, 0.2) is 5.78 Å². The van der Waals surface area contributed by atoms with Crippen molar-refractivity contribution in [3.8, 4) is 0 Å². The van der Waals surface area contributed by atoms with Gasteiger partial charge in [-0.05, 0) is 34.2 Å². The molecule has 0 unspecified atom stereocenters.